The summed E-state index contributed by atoms with van der Waals surface area (Å²) in [4.78, 5) is 23.5. The van der Waals surface area contributed by atoms with E-state index in [2.05, 4.69) is 10.6 Å². The normalized spacial score (nSPS) is 20.9. The summed E-state index contributed by atoms with van der Waals surface area (Å²) in [7, 11) is 0. The molecular weight excluding hydrogens is 402 g/mol. The number of carbonyl (C=O) groups excluding carboxylic acids is 1. The van der Waals surface area contributed by atoms with E-state index in [1.165, 1.54) is 12.1 Å². The number of aromatic hydroxyl groups is 1. The molecule has 9 heteroatoms. The van der Waals surface area contributed by atoms with Crippen LogP contribution in [0.1, 0.15) is 30.5 Å². The van der Waals surface area contributed by atoms with E-state index < -0.39 is 28.4 Å². The molecule has 31 heavy (non-hydrogen) atoms. The minimum absolute atomic E-state index is 0.00205. The fourth-order valence-electron chi connectivity index (χ4n) is 4.04. The summed E-state index contributed by atoms with van der Waals surface area (Å²) in [5.41, 5.74) is 2.38. The van der Waals surface area contributed by atoms with Crippen molar-refractivity contribution in [3.05, 3.63) is 69.4 Å². The van der Waals surface area contributed by atoms with Gasteiger partial charge >= 0.3 is 11.7 Å². The van der Waals surface area contributed by atoms with Gasteiger partial charge in [0.1, 0.15) is 0 Å². The van der Waals surface area contributed by atoms with Gasteiger partial charge in [-0.15, -0.1) is 0 Å². The predicted molar refractivity (Wildman–Crippen MR) is 113 cm³/mol. The molecule has 0 bridgehead atoms. The molecule has 2 heterocycles. The molecule has 0 aromatic heterocycles. The number of carbonyl (C=O) groups is 1. The summed E-state index contributed by atoms with van der Waals surface area (Å²) in [6, 6.07) is 11.3. The van der Waals surface area contributed by atoms with Crippen LogP contribution in [-0.2, 0) is 4.74 Å². The smallest absolute Gasteiger partial charge is 0.319 e. The molecule has 2 amide bonds. The van der Waals surface area contributed by atoms with Gasteiger partial charge in [-0.3, -0.25) is 10.1 Å². The van der Waals surface area contributed by atoms with Gasteiger partial charge < -0.3 is 25.2 Å². The van der Waals surface area contributed by atoms with Gasteiger partial charge in [-0.25, -0.2) is 4.79 Å². The molecule has 162 valence electrons. The highest BCUT2D eigenvalue weighted by Gasteiger charge is 2.35. The average molecular weight is 425 g/mol. The van der Waals surface area contributed by atoms with Crippen LogP contribution < -0.4 is 15.4 Å². The van der Waals surface area contributed by atoms with E-state index in [1.54, 1.807) is 6.92 Å². The number of phenols is 1. The van der Waals surface area contributed by atoms with E-state index in [1.807, 2.05) is 30.3 Å². The van der Waals surface area contributed by atoms with Crippen molar-refractivity contribution in [1.29, 1.82) is 0 Å². The van der Waals surface area contributed by atoms with E-state index in [9.17, 15) is 20.0 Å². The number of ether oxygens (including phenoxy) is 2. The Kier molecular flexibility index (Phi) is 5.77. The van der Waals surface area contributed by atoms with Crippen LogP contribution in [0.4, 0.5) is 10.5 Å². The van der Waals surface area contributed by atoms with E-state index in [-0.39, 0.29) is 18.3 Å². The van der Waals surface area contributed by atoms with Gasteiger partial charge in [0.2, 0.25) is 5.75 Å². The lowest BCUT2D eigenvalue weighted by Crippen LogP contribution is -2.45. The lowest BCUT2D eigenvalue weighted by molar-refractivity contribution is -0.386. The molecule has 1 fully saturated rings. The Balaban J connectivity index is 1.92. The molecule has 0 aliphatic carbocycles. The maximum atomic E-state index is 12.6. The maximum absolute atomic E-state index is 12.6. The molecule has 1 saturated heterocycles. The van der Waals surface area contributed by atoms with Gasteiger partial charge in [0.05, 0.1) is 24.2 Å². The highest BCUT2D eigenvalue weighted by Crippen LogP contribution is 2.44. The zero-order valence-electron chi connectivity index (χ0n) is 17.0. The highest BCUT2D eigenvalue weighted by atomic mass is 16.6. The number of phenolic OH excluding ortho intramolecular Hbond substituents is 1. The van der Waals surface area contributed by atoms with Crippen molar-refractivity contribution >= 4 is 17.3 Å². The Bertz CT molecular complexity index is 1030. The van der Waals surface area contributed by atoms with Crippen LogP contribution >= 0.6 is 0 Å². The highest BCUT2D eigenvalue weighted by molar-refractivity contribution is 5.89. The fourth-order valence-corrected chi connectivity index (χ4v) is 4.04. The zero-order valence-corrected chi connectivity index (χ0v) is 17.0. The first-order valence-corrected chi connectivity index (χ1v) is 10.1. The molecular formula is C22H23N3O6. The predicted octanol–water partition coefficient (Wildman–Crippen LogP) is 3.50. The number of nitro benzene ring substituents is 1. The SMILES string of the molecule is CCOc1cc(C2NC(=O)NC(C3CCOC3)=C2c2ccccc2)cc([N+](=O)[O-])c1O. The molecule has 2 aromatic rings. The average Bonchev–Trinajstić information content (AvgIpc) is 3.30. The number of nitrogens with zero attached hydrogens (tertiary/aromatic N) is 1. The summed E-state index contributed by atoms with van der Waals surface area (Å²) in [6.07, 6.45) is 0.762. The third kappa shape index (κ3) is 4.04. The van der Waals surface area contributed by atoms with E-state index in [4.69, 9.17) is 9.47 Å². The second kappa shape index (κ2) is 8.65. The largest absolute Gasteiger partial charge is 0.500 e. The monoisotopic (exact) mass is 425 g/mol. The van der Waals surface area contributed by atoms with E-state index >= 15 is 0 Å². The zero-order chi connectivity index (χ0) is 22.0. The van der Waals surface area contributed by atoms with Crippen LogP contribution in [0.15, 0.2) is 48.2 Å². The topological polar surface area (TPSA) is 123 Å². The minimum Gasteiger partial charge on any atom is -0.500 e. The maximum Gasteiger partial charge on any atom is 0.319 e. The van der Waals surface area contributed by atoms with Crippen molar-refractivity contribution < 1.29 is 24.3 Å². The van der Waals surface area contributed by atoms with Crippen LogP contribution in [0.5, 0.6) is 11.5 Å². The van der Waals surface area contributed by atoms with Gasteiger partial charge in [0.25, 0.3) is 0 Å². The van der Waals surface area contributed by atoms with Gasteiger partial charge in [-0.2, -0.15) is 0 Å². The van der Waals surface area contributed by atoms with Crippen molar-refractivity contribution in [2.45, 2.75) is 19.4 Å². The number of amides is 2. The molecule has 0 radical (unpaired) electrons. The third-order valence-corrected chi connectivity index (χ3v) is 5.43. The number of benzene rings is 2. The third-order valence-electron chi connectivity index (χ3n) is 5.43. The molecule has 0 spiro atoms. The number of nitro groups is 1. The number of urea groups is 1. The number of hydrogen-bond donors (Lipinski definition) is 3. The van der Waals surface area contributed by atoms with Crippen LogP contribution in [0.25, 0.3) is 5.57 Å². The minimum atomic E-state index is -0.676. The summed E-state index contributed by atoms with van der Waals surface area (Å²) in [5, 5.41) is 27.7. The molecule has 0 saturated carbocycles. The fraction of sp³-hybridized carbons (Fsp3) is 0.318. The van der Waals surface area contributed by atoms with Crippen molar-refractivity contribution in [2.24, 2.45) is 5.92 Å². The number of hydrogen-bond acceptors (Lipinski definition) is 6. The van der Waals surface area contributed by atoms with Gasteiger partial charge in [-0.05, 0) is 30.5 Å². The summed E-state index contributed by atoms with van der Waals surface area (Å²) in [6.45, 7) is 3.03. The Morgan fingerprint density at radius 3 is 2.71 bits per heavy atom. The van der Waals surface area contributed by atoms with Crippen LogP contribution in [0.2, 0.25) is 0 Å². The molecule has 2 unspecified atom stereocenters. The van der Waals surface area contributed by atoms with Crippen LogP contribution in [0.3, 0.4) is 0 Å². The van der Waals surface area contributed by atoms with E-state index in [0.29, 0.717) is 18.8 Å². The molecule has 9 nitrogen and oxygen atoms in total. The summed E-state index contributed by atoms with van der Waals surface area (Å²) in [5.74, 6) is -0.537. The Morgan fingerprint density at radius 2 is 2.06 bits per heavy atom. The molecule has 4 rings (SSSR count). The van der Waals surface area contributed by atoms with Crippen molar-refractivity contribution in [1.82, 2.24) is 10.6 Å². The van der Waals surface area contributed by atoms with Gasteiger partial charge in [0, 0.05) is 29.9 Å². The molecule has 2 aromatic carbocycles. The lowest BCUT2D eigenvalue weighted by atomic mass is 9.85. The Morgan fingerprint density at radius 1 is 1.29 bits per heavy atom. The Hall–Kier alpha value is -3.59. The summed E-state index contributed by atoms with van der Waals surface area (Å²) < 4.78 is 11.0. The van der Waals surface area contributed by atoms with Crippen molar-refractivity contribution in [3.63, 3.8) is 0 Å². The quantitative estimate of drug-likeness (QED) is 0.481. The van der Waals surface area contributed by atoms with Gasteiger partial charge in [0.15, 0.2) is 5.75 Å². The van der Waals surface area contributed by atoms with Crippen molar-refractivity contribution in [3.8, 4) is 11.5 Å². The summed E-state index contributed by atoms with van der Waals surface area (Å²) >= 11 is 0. The second-order valence-electron chi connectivity index (χ2n) is 7.36. The molecule has 3 N–H and O–H groups in total. The first kappa shape index (κ1) is 20.7. The molecule has 2 aliphatic heterocycles. The first-order valence-electron chi connectivity index (χ1n) is 10.1. The standard InChI is InChI=1S/C22H23N3O6/c1-2-31-17-11-15(10-16(21(17)26)25(28)29)20-18(13-6-4-3-5-7-13)19(23-22(27)24-20)14-8-9-30-12-14/h3-7,10-11,14,20,26H,2,8-9,12H2,1H3,(H2,23,24,27). The van der Waals surface area contributed by atoms with Crippen LogP contribution in [0, 0.1) is 16.0 Å². The number of rotatable bonds is 6. The first-order chi connectivity index (χ1) is 15.0. The van der Waals surface area contributed by atoms with Gasteiger partial charge in [-0.1, -0.05) is 30.3 Å². The molecule has 2 atom stereocenters. The van der Waals surface area contributed by atoms with Crippen molar-refractivity contribution in [2.75, 3.05) is 19.8 Å². The Labute approximate surface area is 178 Å². The number of nitrogens with one attached hydrogen (secondary N) is 2. The van der Waals surface area contributed by atoms with Crippen LogP contribution in [-0.4, -0.2) is 35.9 Å². The second-order valence-corrected chi connectivity index (χ2v) is 7.36. The molecule has 2 aliphatic rings. The lowest BCUT2D eigenvalue weighted by Gasteiger charge is -2.33. The van der Waals surface area contributed by atoms with E-state index in [0.717, 1.165) is 23.3 Å².